The highest BCUT2D eigenvalue weighted by molar-refractivity contribution is 8.14. The quantitative estimate of drug-likeness (QED) is 0.347. The lowest BCUT2D eigenvalue weighted by molar-refractivity contribution is 0.269. The highest BCUT2D eigenvalue weighted by Gasteiger charge is 2.08. The summed E-state index contributed by atoms with van der Waals surface area (Å²) in [6.45, 7) is 6.31. The average molecular weight is 411 g/mol. The van der Waals surface area contributed by atoms with Gasteiger partial charge in [-0.2, -0.15) is 0 Å². The van der Waals surface area contributed by atoms with Crippen LogP contribution < -0.4 is 10.6 Å². The van der Waals surface area contributed by atoms with E-state index in [4.69, 9.17) is 0 Å². The zero-order valence-corrected chi connectivity index (χ0v) is 18.6. The van der Waals surface area contributed by atoms with Crippen molar-refractivity contribution in [3.05, 3.63) is 23.8 Å². The summed E-state index contributed by atoms with van der Waals surface area (Å²) in [4.78, 5) is 24.2. The Kier molecular flexibility index (Phi) is 13.2. The Balaban J connectivity index is 2.42. The van der Waals surface area contributed by atoms with Crippen molar-refractivity contribution in [3.8, 4) is 0 Å². The molecule has 0 heterocycles. The number of benzene rings is 1. The fourth-order valence-corrected chi connectivity index (χ4v) is 3.96. The molecule has 1 rings (SSSR count). The Morgan fingerprint density at radius 2 is 1.37 bits per heavy atom. The molecule has 0 aromatic heterocycles. The highest BCUT2D eigenvalue weighted by atomic mass is 32.2. The molecule has 2 amide bonds. The van der Waals surface area contributed by atoms with Crippen LogP contribution in [0.5, 0.6) is 0 Å². The van der Waals surface area contributed by atoms with Crippen molar-refractivity contribution >= 4 is 45.4 Å². The van der Waals surface area contributed by atoms with Gasteiger partial charge in [-0.3, -0.25) is 9.59 Å². The molecule has 2 N–H and O–H groups in total. The molecule has 0 bridgehead atoms. The average Bonchev–Trinajstić information content (AvgIpc) is 2.64. The molecule has 0 aliphatic heterocycles. The molecule has 1 aromatic carbocycles. The van der Waals surface area contributed by atoms with E-state index < -0.39 is 0 Å². The first kappa shape index (κ1) is 23.9. The number of hydrogen-bond acceptors (Lipinski definition) is 4. The zero-order chi connectivity index (χ0) is 19.9. The third-order valence-corrected chi connectivity index (χ3v) is 5.90. The SMILES string of the molecule is CCCCCCSC(=O)Nc1ccc(C)c(NC(=O)SCCCCCC)c1. The number of carbonyl (C=O) groups is 2. The van der Waals surface area contributed by atoms with Crippen LogP contribution >= 0.6 is 23.5 Å². The van der Waals surface area contributed by atoms with Crippen LogP contribution in [0.3, 0.4) is 0 Å². The number of unbranched alkanes of at least 4 members (excludes halogenated alkanes) is 6. The van der Waals surface area contributed by atoms with Gasteiger partial charge in [0.1, 0.15) is 0 Å². The van der Waals surface area contributed by atoms with Gasteiger partial charge in [0.15, 0.2) is 0 Å². The maximum Gasteiger partial charge on any atom is 0.283 e. The normalized spacial score (nSPS) is 10.6. The first-order valence-corrected chi connectivity index (χ1v) is 12.0. The maximum absolute atomic E-state index is 12.1. The molecule has 0 aliphatic rings. The number of nitrogens with one attached hydrogen (secondary N) is 2. The molecule has 0 radical (unpaired) electrons. The summed E-state index contributed by atoms with van der Waals surface area (Å²) < 4.78 is 0. The van der Waals surface area contributed by atoms with E-state index >= 15 is 0 Å². The van der Waals surface area contributed by atoms with Crippen LogP contribution in [0.2, 0.25) is 0 Å². The molecule has 6 heteroatoms. The number of thioether (sulfide) groups is 2. The topological polar surface area (TPSA) is 58.2 Å². The smallest absolute Gasteiger partial charge is 0.283 e. The van der Waals surface area contributed by atoms with Gasteiger partial charge in [-0.05, 0) is 37.5 Å². The van der Waals surface area contributed by atoms with Crippen LogP contribution in [-0.4, -0.2) is 22.0 Å². The summed E-state index contributed by atoms with van der Waals surface area (Å²) in [5.41, 5.74) is 2.46. The van der Waals surface area contributed by atoms with Crippen molar-refractivity contribution in [1.29, 1.82) is 0 Å². The van der Waals surface area contributed by atoms with Crippen LogP contribution in [0.4, 0.5) is 21.0 Å². The summed E-state index contributed by atoms with van der Waals surface area (Å²) in [5, 5.41) is 5.77. The molecule has 152 valence electrons. The number of aryl methyl sites for hydroxylation is 1. The maximum atomic E-state index is 12.1. The van der Waals surface area contributed by atoms with Crippen molar-refractivity contribution in [2.45, 2.75) is 72.1 Å². The highest BCUT2D eigenvalue weighted by Crippen LogP contribution is 2.23. The lowest BCUT2D eigenvalue weighted by atomic mass is 10.2. The first-order chi connectivity index (χ1) is 13.1. The predicted molar refractivity (Wildman–Crippen MR) is 122 cm³/mol. The summed E-state index contributed by atoms with van der Waals surface area (Å²) in [7, 11) is 0. The van der Waals surface area contributed by atoms with E-state index in [0.29, 0.717) is 0 Å². The Bertz CT molecular complexity index is 579. The molecule has 0 unspecified atom stereocenters. The second kappa shape index (κ2) is 14.9. The minimum Gasteiger partial charge on any atom is -0.317 e. The van der Waals surface area contributed by atoms with Gasteiger partial charge in [-0.15, -0.1) is 0 Å². The van der Waals surface area contributed by atoms with Gasteiger partial charge >= 0.3 is 0 Å². The monoisotopic (exact) mass is 410 g/mol. The summed E-state index contributed by atoms with van der Waals surface area (Å²) in [5.74, 6) is 1.69. The fraction of sp³-hybridized carbons (Fsp3) is 0.619. The Morgan fingerprint density at radius 1 is 0.815 bits per heavy atom. The van der Waals surface area contributed by atoms with E-state index in [2.05, 4.69) is 24.5 Å². The molecule has 0 atom stereocenters. The summed E-state index contributed by atoms with van der Waals surface area (Å²) in [6.07, 6.45) is 9.32. The van der Waals surface area contributed by atoms with Crippen LogP contribution in [0, 0.1) is 6.92 Å². The van der Waals surface area contributed by atoms with Crippen molar-refractivity contribution in [2.75, 3.05) is 22.1 Å². The van der Waals surface area contributed by atoms with Gasteiger partial charge < -0.3 is 10.6 Å². The Morgan fingerprint density at radius 3 is 1.93 bits per heavy atom. The first-order valence-electron chi connectivity index (χ1n) is 10.0. The molecule has 0 spiro atoms. The van der Waals surface area contributed by atoms with E-state index in [0.717, 1.165) is 41.3 Å². The molecule has 0 saturated heterocycles. The Hall–Kier alpha value is -1.14. The number of anilines is 2. The molecular weight excluding hydrogens is 376 g/mol. The minimum atomic E-state index is -0.0436. The number of hydrogen-bond donors (Lipinski definition) is 2. The van der Waals surface area contributed by atoms with Crippen LogP contribution in [0.15, 0.2) is 18.2 Å². The van der Waals surface area contributed by atoms with Gasteiger partial charge in [0.2, 0.25) is 0 Å². The van der Waals surface area contributed by atoms with Crippen molar-refractivity contribution < 1.29 is 9.59 Å². The molecule has 27 heavy (non-hydrogen) atoms. The largest absolute Gasteiger partial charge is 0.317 e. The van der Waals surface area contributed by atoms with Gasteiger partial charge in [-0.25, -0.2) is 0 Å². The number of carbonyl (C=O) groups excluding carboxylic acids is 2. The van der Waals surface area contributed by atoms with Crippen LogP contribution in [-0.2, 0) is 0 Å². The fourth-order valence-electron chi connectivity index (χ4n) is 2.52. The molecule has 0 saturated carbocycles. The van der Waals surface area contributed by atoms with Gasteiger partial charge in [0.25, 0.3) is 10.5 Å². The third-order valence-electron chi connectivity index (χ3n) is 4.18. The van der Waals surface area contributed by atoms with Crippen molar-refractivity contribution in [2.24, 2.45) is 0 Å². The Labute approximate surface area is 173 Å². The van der Waals surface area contributed by atoms with Gasteiger partial charge in [-0.1, -0.05) is 82.0 Å². The lowest BCUT2D eigenvalue weighted by Crippen LogP contribution is -2.09. The molecule has 0 aliphatic carbocycles. The summed E-state index contributed by atoms with van der Waals surface area (Å²) in [6, 6.07) is 5.63. The standard InChI is InChI=1S/C21H34N2O2S2/c1-4-6-8-10-14-26-20(24)22-18-13-12-17(3)19(16-18)23-21(25)27-15-11-9-7-5-2/h12-13,16H,4-11,14-15H2,1-3H3,(H,22,24)(H,23,25). The van der Waals surface area contributed by atoms with Gasteiger partial charge in [0, 0.05) is 22.9 Å². The van der Waals surface area contributed by atoms with E-state index in [-0.39, 0.29) is 10.5 Å². The molecule has 0 fully saturated rings. The second-order valence-electron chi connectivity index (χ2n) is 6.67. The van der Waals surface area contributed by atoms with Crippen LogP contribution in [0.1, 0.15) is 70.8 Å². The van der Waals surface area contributed by atoms with Crippen LogP contribution in [0.25, 0.3) is 0 Å². The zero-order valence-electron chi connectivity index (χ0n) is 16.9. The van der Waals surface area contributed by atoms with E-state index in [1.54, 1.807) is 0 Å². The van der Waals surface area contributed by atoms with E-state index in [9.17, 15) is 9.59 Å². The minimum absolute atomic E-state index is 0.0385. The van der Waals surface area contributed by atoms with Crippen molar-refractivity contribution in [1.82, 2.24) is 0 Å². The lowest BCUT2D eigenvalue weighted by Gasteiger charge is -2.11. The second-order valence-corrected chi connectivity index (χ2v) is 8.81. The van der Waals surface area contributed by atoms with Gasteiger partial charge in [0.05, 0.1) is 0 Å². The molecule has 1 aromatic rings. The summed E-state index contributed by atoms with van der Waals surface area (Å²) >= 11 is 2.65. The molecular formula is C21H34N2O2S2. The third kappa shape index (κ3) is 11.3. The van der Waals surface area contributed by atoms with E-state index in [1.807, 2.05) is 25.1 Å². The predicted octanol–water partition coefficient (Wildman–Crippen LogP) is 7.69. The number of amides is 2. The number of rotatable bonds is 12. The van der Waals surface area contributed by atoms with E-state index in [1.165, 1.54) is 62.0 Å². The van der Waals surface area contributed by atoms with Crippen molar-refractivity contribution in [3.63, 3.8) is 0 Å². The molecule has 4 nitrogen and oxygen atoms in total.